The van der Waals surface area contributed by atoms with E-state index in [1.165, 1.54) is 0 Å². The molecule has 4 heteroatoms. The molecule has 4 nitrogen and oxygen atoms in total. The molecule has 0 aromatic carbocycles. The normalized spacial score (nSPS) is 35.2. The van der Waals surface area contributed by atoms with E-state index in [1.54, 1.807) is 0 Å². The van der Waals surface area contributed by atoms with Gasteiger partial charge in [0.25, 0.3) is 0 Å². The van der Waals surface area contributed by atoms with E-state index < -0.39 is 0 Å². The largest absolute Gasteiger partial charge is 0.390 e. The quantitative estimate of drug-likeness (QED) is 0.632. The van der Waals surface area contributed by atoms with E-state index in [4.69, 9.17) is 9.84 Å². The molecule has 2 heterocycles. The Labute approximate surface area is 83.8 Å². The molecule has 2 aliphatic rings. The molecule has 0 amide bonds. The Morgan fingerprint density at radius 2 is 2.36 bits per heavy atom. The van der Waals surface area contributed by atoms with E-state index >= 15 is 0 Å². The molecule has 2 fully saturated rings. The first-order chi connectivity index (χ1) is 6.74. The first-order valence-electron chi connectivity index (χ1n) is 5.19. The summed E-state index contributed by atoms with van der Waals surface area (Å²) in [5.74, 6) is 0. The third kappa shape index (κ3) is 1.97. The van der Waals surface area contributed by atoms with Crippen LogP contribution in [0.3, 0.4) is 0 Å². The molecule has 2 aliphatic heterocycles. The van der Waals surface area contributed by atoms with Gasteiger partial charge in [0.1, 0.15) is 6.29 Å². The van der Waals surface area contributed by atoms with Crippen molar-refractivity contribution in [1.82, 2.24) is 4.90 Å². The smallest absolute Gasteiger partial charge is 0.129 e. The second-order valence-electron chi connectivity index (χ2n) is 4.48. The second kappa shape index (κ2) is 3.96. The summed E-state index contributed by atoms with van der Waals surface area (Å²) in [6.45, 7) is 3.47. The molecule has 2 rings (SSSR count). The van der Waals surface area contributed by atoms with Gasteiger partial charge in [-0.25, -0.2) is 0 Å². The van der Waals surface area contributed by atoms with E-state index in [9.17, 15) is 4.79 Å². The summed E-state index contributed by atoms with van der Waals surface area (Å²) in [6.07, 6.45) is 2.73. The lowest BCUT2D eigenvalue weighted by atomic mass is 9.83. The highest BCUT2D eigenvalue weighted by Gasteiger charge is 2.37. The van der Waals surface area contributed by atoms with Crippen molar-refractivity contribution < 1.29 is 14.6 Å². The van der Waals surface area contributed by atoms with E-state index in [0.717, 1.165) is 32.3 Å². The lowest BCUT2D eigenvalue weighted by molar-refractivity contribution is -0.129. The van der Waals surface area contributed by atoms with Crippen molar-refractivity contribution in [2.45, 2.75) is 18.9 Å². The minimum Gasteiger partial charge on any atom is -0.390 e. The third-order valence-electron chi connectivity index (χ3n) is 3.08. The van der Waals surface area contributed by atoms with Crippen LogP contribution in [0.1, 0.15) is 12.8 Å². The number of carbonyl (C=O) groups is 1. The van der Waals surface area contributed by atoms with Gasteiger partial charge in [-0.2, -0.15) is 0 Å². The van der Waals surface area contributed by atoms with Crippen LogP contribution in [0.5, 0.6) is 0 Å². The number of aldehydes is 1. The molecule has 1 atom stereocenters. The van der Waals surface area contributed by atoms with Crippen molar-refractivity contribution in [3.05, 3.63) is 0 Å². The zero-order valence-corrected chi connectivity index (χ0v) is 8.32. The second-order valence-corrected chi connectivity index (χ2v) is 4.48. The Morgan fingerprint density at radius 1 is 1.57 bits per heavy atom. The van der Waals surface area contributed by atoms with Crippen molar-refractivity contribution in [3.8, 4) is 0 Å². The van der Waals surface area contributed by atoms with Crippen molar-refractivity contribution in [3.63, 3.8) is 0 Å². The van der Waals surface area contributed by atoms with Gasteiger partial charge in [0, 0.05) is 26.2 Å². The Kier molecular flexibility index (Phi) is 2.85. The molecule has 2 saturated heterocycles. The molecular weight excluding hydrogens is 182 g/mol. The van der Waals surface area contributed by atoms with Crippen molar-refractivity contribution in [1.29, 1.82) is 0 Å². The van der Waals surface area contributed by atoms with Crippen LogP contribution >= 0.6 is 0 Å². The molecule has 0 bridgehead atoms. The van der Waals surface area contributed by atoms with Crippen LogP contribution in [0.2, 0.25) is 0 Å². The Balaban J connectivity index is 1.88. The van der Waals surface area contributed by atoms with Gasteiger partial charge in [-0.3, -0.25) is 4.90 Å². The maximum Gasteiger partial charge on any atom is 0.129 e. The van der Waals surface area contributed by atoms with Crippen LogP contribution in [-0.4, -0.2) is 55.2 Å². The maximum atomic E-state index is 11.1. The fourth-order valence-electron chi connectivity index (χ4n) is 2.25. The summed E-state index contributed by atoms with van der Waals surface area (Å²) >= 11 is 0. The maximum absolute atomic E-state index is 11.1. The molecule has 0 aliphatic carbocycles. The Hall–Kier alpha value is -0.450. The average molecular weight is 199 g/mol. The molecule has 0 spiro atoms. The molecule has 14 heavy (non-hydrogen) atoms. The first kappa shape index (κ1) is 10.1. The summed E-state index contributed by atoms with van der Waals surface area (Å²) in [6, 6.07) is 0. The fourth-order valence-corrected chi connectivity index (χ4v) is 2.25. The van der Waals surface area contributed by atoms with Crippen LogP contribution < -0.4 is 0 Å². The number of aliphatic hydroxyl groups is 1. The van der Waals surface area contributed by atoms with Crippen LogP contribution in [0.25, 0.3) is 0 Å². The Bertz CT molecular complexity index is 207. The molecule has 0 saturated carbocycles. The number of β-amino-alcohol motifs (C(OH)–C–C–N with tert-alkyl or cyclic N) is 1. The molecule has 0 radical (unpaired) electrons. The minimum atomic E-state index is -0.307. The number of hydrogen-bond donors (Lipinski definition) is 1. The summed E-state index contributed by atoms with van der Waals surface area (Å²) < 4.78 is 5.35. The van der Waals surface area contributed by atoms with Gasteiger partial charge < -0.3 is 14.6 Å². The lowest BCUT2D eigenvalue weighted by Crippen LogP contribution is -2.56. The molecule has 0 aromatic rings. The van der Waals surface area contributed by atoms with Gasteiger partial charge >= 0.3 is 0 Å². The lowest BCUT2D eigenvalue weighted by Gasteiger charge is -2.42. The number of ether oxygens (including phenoxy) is 1. The molecule has 0 aromatic heterocycles. The highest BCUT2D eigenvalue weighted by atomic mass is 16.5. The summed E-state index contributed by atoms with van der Waals surface area (Å²) in [7, 11) is 0. The van der Waals surface area contributed by atoms with E-state index in [1.807, 2.05) is 0 Å². The summed E-state index contributed by atoms with van der Waals surface area (Å²) in [4.78, 5) is 13.2. The van der Waals surface area contributed by atoms with E-state index in [2.05, 4.69) is 4.90 Å². The summed E-state index contributed by atoms with van der Waals surface area (Å²) in [5.41, 5.74) is -0.307. The van der Waals surface area contributed by atoms with Crippen LogP contribution in [0, 0.1) is 5.41 Å². The molecule has 1 unspecified atom stereocenters. The first-order valence-corrected chi connectivity index (χ1v) is 5.19. The minimum absolute atomic E-state index is 0.191. The van der Waals surface area contributed by atoms with Gasteiger partial charge in [0.15, 0.2) is 0 Å². The van der Waals surface area contributed by atoms with Gasteiger partial charge in [0.05, 0.1) is 18.1 Å². The predicted molar refractivity (Wildman–Crippen MR) is 51.0 cm³/mol. The van der Waals surface area contributed by atoms with Crippen molar-refractivity contribution in [2.75, 3.05) is 32.8 Å². The SMILES string of the molecule is O=CC1(CN2CC(O)C2)CCCOC1. The van der Waals surface area contributed by atoms with Gasteiger partial charge in [0.2, 0.25) is 0 Å². The highest BCUT2D eigenvalue weighted by Crippen LogP contribution is 2.28. The number of aliphatic hydroxyl groups excluding tert-OH is 1. The zero-order valence-electron chi connectivity index (χ0n) is 8.32. The van der Waals surface area contributed by atoms with Crippen molar-refractivity contribution >= 4 is 6.29 Å². The fraction of sp³-hybridized carbons (Fsp3) is 0.900. The number of carbonyl (C=O) groups excluding carboxylic acids is 1. The summed E-state index contributed by atoms with van der Waals surface area (Å²) in [5, 5.41) is 9.14. The molecule has 1 N–H and O–H groups in total. The van der Waals surface area contributed by atoms with Gasteiger partial charge in [-0.05, 0) is 12.8 Å². The molecular formula is C10H17NO3. The van der Waals surface area contributed by atoms with Crippen LogP contribution in [-0.2, 0) is 9.53 Å². The van der Waals surface area contributed by atoms with E-state index in [-0.39, 0.29) is 11.5 Å². The van der Waals surface area contributed by atoms with Gasteiger partial charge in [-0.15, -0.1) is 0 Å². The third-order valence-corrected chi connectivity index (χ3v) is 3.08. The van der Waals surface area contributed by atoms with Crippen LogP contribution in [0.4, 0.5) is 0 Å². The van der Waals surface area contributed by atoms with Gasteiger partial charge in [-0.1, -0.05) is 0 Å². The highest BCUT2D eigenvalue weighted by molar-refractivity contribution is 5.60. The molecule has 80 valence electrons. The predicted octanol–water partition coefficient (Wildman–Crippen LogP) is -0.341. The number of rotatable bonds is 3. The standard InChI is InChI=1S/C10H17NO3/c12-7-10(2-1-3-14-8-10)6-11-4-9(13)5-11/h7,9,13H,1-6,8H2. The zero-order chi connectivity index (χ0) is 10.0. The number of nitrogens with zero attached hydrogens (tertiary/aromatic N) is 1. The van der Waals surface area contributed by atoms with E-state index in [0.29, 0.717) is 19.7 Å². The average Bonchev–Trinajstić information content (AvgIpc) is 2.17. The Morgan fingerprint density at radius 3 is 2.86 bits per heavy atom. The number of likely N-dealkylation sites (tertiary alicyclic amines) is 1. The van der Waals surface area contributed by atoms with Crippen molar-refractivity contribution in [2.24, 2.45) is 5.41 Å². The topological polar surface area (TPSA) is 49.8 Å². The number of hydrogen-bond acceptors (Lipinski definition) is 4. The van der Waals surface area contributed by atoms with Crippen LogP contribution in [0.15, 0.2) is 0 Å². The monoisotopic (exact) mass is 199 g/mol.